The molecule has 8 nitrogen and oxygen atoms in total. The Morgan fingerprint density at radius 1 is 0.609 bits per heavy atom. The van der Waals surface area contributed by atoms with Crippen molar-refractivity contribution in [3.63, 3.8) is 0 Å². The van der Waals surface area contributed by atoms with E-state index in [4.69, 9.17) is 9.47 Å². The molecule has 0 aromatic heterocycles. The summed E-state index contributed by atoms with van der Waals surface area (Å²) in [5, 5.41) is 19.9. The first kappa shape index (κ1) is 37.9. The molecule has 8 heteroatoms. The van der Waals surface area contributed by atoms with Crippen LogP contribution in [0.5, 0.6) is 11.5 Å². The molecule has 2 aromatic rings. The Bertz CT molecular complexity index is 1250. The summed E-state index contributed by atoms with van der Waals surface area (Å²) in [5.41, 5.74) is 3.55. The first-order chi connectivity index (χ1) is 22.5. The van der Waals surface area contributed by atoms with E-state index in [1.54, 1.807) is 12.4 Å². The van der Waals surface area contributed by atoms with Gasteiger partial charge in [0, 0.05) is 73.2 Å². The fourth-order valence-electron chi connectivity index (χ4n) is 4.93. The molecular weight excluding hydrogens is 572 g/mol. The van der Waals surface area contributed by atoms with Gasteiger partial charge in [-0.2, -0.15) is 10.5 Å². The number of rotatable bonds is 22. The quantitative estimate of drug-likeness (QED) is 0.0735. The summed E-state index contributed by atoms with van der Waals surface area (Å²) in [6.45, 7) is 18.0. The molecule has 0 amide bonds. The SMILES string of the molecule is CCCCOc1cc(N(CCC)CCC)ccc1C=N/C(C#N)=C(\C#N)N=Cc1ccc(N(CCC)CCC)cc1OCCCC. The maximum atomic E-state index is 9.96. The first-order valence-corrected chi connectivity index (χ1v) is 17.2. The molecule has 0 saturated carbocycles. The van der Waals surface area contributed by atoms with Crippen LogP contribution in [-0.2, 0) is 0 Å². The highest BCUT2D eigenvalue weighted by Crippen LogP contribution is 2.28. The molecule has 0 aliphatic rings. The van der Waals surface area contributed by atoms with Gasteiger partial charge in [-0.3, -0.25) is 0 Å². The van der Waals surface area contributed by atoms with Gasteiger partial charge in [-0.25, -0.2) is 9.98 Å². The van der Waals surface area contributed by atoms with Crippen LogP contribution in [0, 0.1) is 22.7 Å². The highest BCUT2D eigenvalue weighted by atomic mass is 16.5. The fraction of sp³-hybridized carbons (Fsp3) is 0.526. The van der Waals surface area contributed by atoms with Gasteiger partial charge in [0.05, 0.1) is 13.2 Å². The highest BCUT2D eigenvalue weighted by molar-refractivity contribution is 5.87. The molecular formula is C38H54N6O2. The predicted molar refractivity (Wildman–Crippen MR) is 193 cm³/mol. The summed E-state index contributed by atoms with van der Waals surface area (Å²) in [6.07, 6.45) is 11.3. The van der Waals surface area contributed by atoms with Crippen molar-refractivity contribution < 1.29 is 9.47 Å². The Morgan fingerprint density at radius 3 is 1.28 bits per heavy atom. The normalized spacial score (nSPS) is 11.7. The van der Waals surface area contributed by atoms with Crippen LogP contribution in [0.15, 0.2) is 57.8 Å². The molecule has 0 radical (unpaired) electrons. The van der Waals surface area contributed by atoms with E-state index in [2.05, 4.69) is 85.6 Å². The van der Waals surface area contributed by atoms with Gasteiger partial charge >= 0.3 is 0 Å². The number of hydrogen-bond donors (Lipinski definition) is 0. The number of nitrogens with zero attached hydrogens (tertiary/aromatic N) is 6. The molecule has 0 fully saturated rings. The summed E-state index contributed by atoms with van der Waals surface area (Å²) in [7, 11) is 0. The zero-order valence-corrected chi connectivity index (χ0v) is 29.0. The van der Waals surface area contributed by atoms with E-state index >= 15 is 0 Å². The smallest absolute Gasteiger partial charge is 0.176 e. The molecule has 2 rings (SSSR count). The molecule has 0 atom stereocenters. The average molecular weight is 627 g/mol. The van der Waals surface area contributed by atoms with Gasteiger partial charge in [-0.1, -0.05) is 54.4 Å². The van der Waals surface area contributed by atoms with Crippen molar-refractivity contribution >= 4 is 23.8 Å². The third-order valence-corrected chi connectivity index (χ3v) is 7.31. The minimum atomic E-state index is -0.0666. The zero-order chi connectivity index (χ0) is 33.6. The van der Waals surface area contributed by atoms with Crippen molar-refractivity contribution in [2.24, 2.45) is 9.98 Å². The van der Waals surface area contributed by atoms with E-state index < -0.39 is 0 Å². The summed E-state index contributed by atoms with van der Waals surface area (Å²) in [6, 6.07) is 16.3. The second kappa shape index (κ2) is 22.2. The Morgan fingerprint density at radius 2 is 0.978 bits per heavy atom. The van der Waals surface area contributed by atoms with Gasteiger partial charge in [-0.05, 0) is 62.8 Å². The molecule has 46 heavy (non-hydrogen) atoms. The number of aliphatic imine (C=N–C) groups is 2. The van der Waals surface area contributed by atoms with Crippen LogP contribution in [-0.4, -0.2) is 51.8 Å². The van der Waals surface area contributed by atoms with Crippen molar-refractivity contribution in [2.75, 3.05) is 49.2 Å². The summed E-state index contributed by atoms with van der Waals surface area (Å²) in [4.78, 5) is 13.5. The van der Waals surface area contributed by atoms with E-state index in [9.17, 15) is 10.5 Å². The molecule has 2 aromatic carbocycles. The van der Waals surface area contributed by atoms with Gasteiger partial charge in [0.1, 0.15) is 23.6 Å². The number of hydrogen-bond acceptors (Lipinski definition) is 8. The molecule has 0 unspecified atom stereocenters. The number of allylic oxidation sites excluding steroid dienone is 2. The van der Waals surface area contributed by atoms with Crippen molar-refractivity contribution in [1.29, 1.82) is 10.5 Å². The Hall–Kier alpha value is -4.30. The largest absolute Gasteiger partial charge is 0.493 e. The number of nitriles is 2. The Balaban J connectivity index is 2.47. The van der Waals surface area contributed by atoms with Crippen LogP contribution in [0.3, 0.4) is 0 Å². The van der Waals surface area contributed by atoms with Crippen molar-refractivity contribution in [3.05, 3.63) is 58.9 Å². The lowest BCUT2D eigenvalue weighted by molar-refractivity contribution is 0.309. The maximum Gasteiger partial charge on any atom is 0.176 e. The molecule has 0 heterocycles. The summed E-state index contributed by atoms with van der Waals surface area (Å²) < 4.78 is 12.3. The highest BCUT2D eigenvalue weighted by Gasteiger charge is 2.12. The molecule has 0 spiro atoms. The number of ether oxygens (including phenoxy) is 2. The third-order valence-electron chi connectivity index (χ3n) is 7.31. The summed E-state index contributed by atoms with van der Waals surface area (Å²) >= 11 is 0. The third kappa shape index (κ3) is 12.2. The van der Waals surface area contributed by atoms with Gasteiger partial charge in [0.25, 0.3) is 0 Å². The molecule has 0 saturated heterocycles. The lowest BCUT2D eigenvalue weighted by Crippen LogP contribution is -2.24. The lowest BCUT2D eigenvalue weighted by atomic mass is 10.1. The van der Waals surface area contributed by atoms with Gasteiger partial charge in [-0.15, -0.1) is 0 Å². The standard InChI is InChI=1S/C38H54N6O2/c1-7-13-23-45-37-25-33(43(19-9-3)20-10-4)17-15-31(37)29-41-35(27-39)36(28-40)42-30-32-16-18-34(44(21-11-5)22-12-6)26-38(32)46-24-14-8-2/h15-18,25-26,29-30H,7-14,19-24H2,1-6H3/b36-35+,41-29?,42-30?. The van der Waals surface area contributed by atoms with E-state index in [0.29, 0.717) is 24.7 Å². The Labute approximate surface area is 278 Å². The van der Waals surface area contributed by atoms with Crippen LogP contribution < -0.4 is 19.3 Å². The molecule has 0 bridgehead atoms. The van der Waals surface area contributed by atoms with Crippen molar-refractivity contribution in [2.45, 2.75) is 92.9 Å². The second-order valence-electron chi connectivity index (χ2n) is 11.3. The maximum absolute atomic E-state index is 9.96. The monoisotopic (exact) mass is 626 g/mol. The first-order valence-electron chi connectivity index (χ1n) is 17.2. The van der Waals surface area contributed by atoms with Crippen molar-refractivity contribution in [3.8, 4) is 23.6 Å². The van der Waals surface area contributed by atoms with E-state index in [0.717, 1.165) is 100 Å². The van der Waals surface area contributed by atoms with Crippen LogP contribution in [0.25, 0.3) is 0 Å². The average Bonchev–Trinajstić information content (AvgIpc) is 3.07. The van der Waals surface area contributed by atoms with Crippen LogP contribution in [0.2, 0.25) is 0 Å². The van der Waals surface area contributed by atoms with E-state index in [1.807, 2.05) is 24.3 Å². The summed E-state index contributed by atoms with van der Waals surface area (Å²) in [5.74, 6) is 1.42. The Kier molecular flexibility index (Phi) is 18.3. The van der Waals surface area contributed by atoms with Gasteiger partial charge in [0.2, 0.25) is 0 Å². The lowest BCUT2D eigenvalue weighted by Gasteiger charge is -2.24. The minimum Gasteiger partial charge on any atom is -0.493 e. The fourth-order valence-corrected chi connectivity index (χ4v) is 4.93. The van der Waals surface area contributed by atoms with Gasteiger partial charge < -0.3 is 19.3 Å². The van der Waals surface area contributed by atoms with Crippen LogP contribution >= 0.6 is 0 Å². The predicted octanol–water partition coefficient (Wildman–Crippen LogP) is 9.09. The van der Waals surface area contributed by atoms with E-state index in [1.165, 1.54) is 0 Å². The van der Waals surface area contributed by atoms with E-state index in [-0.39, 0.29) is 11.4 Å². The van der Waals surface area contributed by atoms with Crippen LogP contribution in [0.1, 0.15) is 104 Å². The molecule has 0 aliphatic carbocycles. The molecule has 0 aliphatic heterocycles. The van der Waals surface area contributed by atoms with Crippen molar-refractivity contribution in [1.82, 2.24) is 0 Å². The van der Waals surface area contributed by atoms with Crippen LogP contribution in [0.4, 0.5) is 11.4 Å². The topological polar surface area (TPSA) is 97.2 Å². The number of anilines is 2. The second-order valence-corrected chi connectivity index (χ2v) is 11.3. The number of unbranched alkanes of at least 4 members (excludes halogenated alkanes) is 2. The minimum absolute atomic E-state index is 0.0666. The molecule has 0 N–H and O–H groups in total. The van der Waals surface area contributed by atoms with Gasteiger partial charge in [0.15, 0.2) is 11.4 Å². The zero-order valence-electron chi connectivity index (χ0n) is 29.0. The molecule has 248 valence electrons. The number of benzene rings is 2.